The molecular weight excluding hydrogens is 724 g/mol. The van der Waals surface area contributed by atoms with Crippen LogP contribution in [0, 0.1) is 5.92 Å². The number of aromatic amines is 1. The number of halogens is 1. The first-order chi connectivity index (χ1) is 25.3. The number of aromatic nitrogens is 3. The lowest BCUT2D eigenvalue weighted by Crippen LogP contribution is -2.51. The number of anilines is 1. The van der Waals surface area contributed by atoms with Crippen LogP contribution in [0.1, 0.15) is 68.0 Å². The zero-order chi connectivity index (χ0) is 35.5. The molecule has 262 valence electrons. The lowest BCUT2D eigenvalue weighted by atomic mass is 9.72. The van der Waals surface area contributed by atoms with Crippen LogP contribution in [0.5, 0.6) is 5.75 Å². The molecule has 52 heavy (non-hydrogen) atoms. The molecule has 10 bridgehead atoms. The van der Waals surface area contributed by atoms with Crippen LogP contribution in [0.15, 0.2) is 75.8 Å². The summed E-state index contributed by atoms with van der Waals surface area (Å²) in [6.07, 6.45) is 4.80. The minimum absolute atomic E-state index is 0.126. The highest BCUT2D eigenvalue weighted by atomic mass is 79.9. The normalized spacial score (nSPS) is 22.5. The Morgan fingerprint density at radius 2 is 1.90 bits per heavy atom. The molecule has 6 aromatic rings. The summed E-state index contributed by atoms with van der Waals surface area (Å²) in [7, 11) is 0. The number of ether oxygens (including phenoxy) is 1. The number of carbonyl (C=O) groups excluding carboxylic acids is 2. The number of nitrogens with zero attached hydrogens (tertiary/aromatic N) is 2. The first kappa shape index (κ1) is 31.4. The summed E-state index contributed by atoms with van der Waals surface area (Å²) in [5, 5.41) is 11.0. The molecule has 12 heteroatoms. The first-order valence-electron chi connectivity index (χ1n) is 17.8. The molecule has 1 spiro atoms. The van der Waals surface area contributed by atoms with Crippen LogP contribution in [0.2, 0.25) is 0 Å². The Kier molecular flexibility index (Phi) is 6.83. The number of rotatable bonds is 5. The fraction of sp³-hybridized carbons (Fsp3) is 0.300. The fourth-order valence-corrected chi connectivity index (χ4v) is 9.09. The molecule has 5 atom stereocenters. The zero-order valence-corrected chi connectivity index (χ0v) is 30.3. The van der Waals surface area contributed by atoms with Gasteiger partial charge in [-0.3, -0.25) is 9.59 Å². The van der Waals surface area contributed by atoms with Crippen molar-refractivity contribution in [1.82, 2.24) is 25.6 Å². The van der Waals surface area contributed by atoms with Crippen LogP contribution in [-0.4, -0.2) is 43.9 Å². The van der Waals surface area contributed by atoms with Crippen LogP contribution < -0.4 is 20.7 Å². The molecule has 4 aliphatic heterocycles. The van der Waals surface area contributed by atoms with Crippen molar-refractivity contribution in [2.45, 2.75) is 68.6 Å². The second-order valence-electron chi connectivity index (χ2n) is 14.5. The summed E-state index contributed by atoms with van der Waals surface area (Å²) in [6.45, 7) is 6.03. The molecule has 3 aromatic heterocycles. The number of hydrogen-bond acceptors (Lipinski definition) is 8. The third kappa shape index (κ3) is 4.30. The van der Waals surface area contributed by atoms with Crippen LogP contribution in [-0.2, 0) is 21.4 Å². The lowest BCUT2D eigenvalue weighted by molar-refractivity contribution is -0.129. The number of alkyl halides is 1. The maximum Gasteiger partial charge on any atom is 0.249 e. The van der Waals surface area contributed by atoms with E-state index >= 15 is 0 Å². The topological polar surface area (TPSA) is 147 Å². The van der Waals surface area contributed by atoms with Crippen molar-refractivity contribution < 1.29 is 23.2 Å². The Morgan fingerprint density at radius 3 is 2.75 bits per heavy atom. The Labute approximate surface area is 307 Å². The average molecular weight is 760 g/mol. The second kappa shape index (κ2) is 11.3. The highest BCUT2D eigenvalue weighted by Crippen LogP contribution is 2.61. The van der Waals surface area contributed by atoms with Gasteiger partial charge < -0.3 is 34.5 Å². The Hall–Kier alpha value is -5.36. The Balaban J connectivity index is 1.27. The maximum absolute atomic E-state index is 14.2. The van der Waals surface area contributed by atoms with E-state index in [2.05, 4.69) is 73.3 Å². The van der Waals surface area contributed by atoms with Crippen LogP contribution in [0.4, 0.5) is 5.69 Å². The lowest BCUT2D eigenvalue weighted by Gasteiger charge is -2.29. The quantitative estimate of drug-likeness (QED) is 0.134. The standard InChI is InChI=1S/C40H35BrN6O5/c1-4-7-25(41)35(48)44-27-15-19-12-13-28-24(14-19)40-23-10-5-9-21(32(23)47-39(40)51-28)20-8-6-11-26-30(20)22(16-42-26)29-17-43-37(50-29)33-34(40)52-38(46-33)31(18(2)3)45-36(27)49/h5-6,8-14,16-18,25,27,31,39,42,47H,4,7,15H2,1-3H3,(H,44,48)(H,45,49)/t25?,27-,31-,39?,40-/m0/s1. The van der Waals surface area contributed by atoms with E-state index in [1.165, 1.54) is 0 Å². The largest absolute Gasteiger partial charge is 0.469 e. The molecule has 0 saturated heterocycles. The van der Waals surface area contributed by atoms with Gasteiger partial charge in [-0.25, -0.2) is 9.97 Å². The fourth-order valence-electron chi connectivity index (χ4n) is 8.50. The van der Waals surface area contributed by atoms with Crippen molar-refractivity contribution in [3.8, 4) is 39.8 Å². The zero-order valence-electron chi connectivity index (χ0n) is 28.7. The summed E-state index contributed by atoms with van der Waals surface area (Å²) >= 11 is 3.52. The van der Waals surface area contributed by atoms with Gasteiger partial charge in [0.2, 0.25) is 23.6 Å². The molecule has 11 nitrogen and oxygen atoms in total. The molecular formula is C40H35BrN6O5. The predicted molar refractivity (Wildman–Crippen MR) is 198 cm³/mol. The highest BCUT2D eigenvalue weighted by molar-refractivity contribution is 9.10. The highest BCUT2D eigenvalue weighted by Gasteiger charge is 2.61. The van der Waals surface area contributed by atoms with Crippen LogP contribution in [0.3, 0.4) is 0 Å². The van der Waals surface area contributed by atoms with E-state index in [0.717, 1.165) is 56.4 Å². The smallest absolute Gasteiger partial charge is 0.249 e. The number of benzene rings is 3. The van der Waals surface area contributed by atoms with E-state index in [0.29, 0.717) is 41.2 Å². The molecule has 2 amide bonds. The monoisotopic (exact) mass is 758 g/mol. The summed E-state index contributed by atoms with van der Waals surface area (Å²) in [6, 6.07) is 17.0. The average Bonchev–Trinajstić information content (AvgIpc) is 3.96. The maximum atomic E-state index is 14.2. The molecule has 0 saturated carbocycles. The number of hydrogen-bond donors (Lipinski definition) is 4. The molecule has 3 aromatic carbocycles. The van der Waals surface area contributed by atoms with Crippen molar-refractivity contribution in [1.29, 1.82) is 0 Å². The van der Waals surface area contributed by atoms with E-state index in [1.807, 2.05) is 45.2 Å². The van der Waals surface area contributed by atoms with Gasteiger partial charge in [0.05, 0.1) is 11.0 Å². The van der Waals surface area contributed by atoms with Gasteiger partial charge in [0.25, 0.3) is 0 Å². The second-order valence-corrected chi connectivity index (χ2v) is 15.6. The van der Waals surface area contributed by atoms with Crippen molar-refractivity contribution in [3.05, 3.63) is 95.3 Å². The molecule has 0 aliphatic carbocycles. The van der Waals surface area contributed by atoms with E-state index in [1.54, 1.807) is 6.20 Å². The van der Waals surface area contributed by atoms with E-state index in [-0.39, 0.29) is 24.2 Å². The molecule has 0 fully saturated rings. The van der Waals surface area contributed by atoms with Gasteiger partial charge in [0.15, 0.2) is 23.4 Å². The van der Waals surface area contributed by atoms with E-state index < -0.39 is 28.6 Å². The summed E-state index contributed by atoms with van der Waals surface area (Å²) in [4.78, 5) is 40.5. The van der Waals surface area contributed by atoms with Crippen molar-refractivity contribution in [2.75, 3.05) is 5.32 Å². The van der Waals surface area contributed by atoms with Gasteiger partial charge in [-0.2, -0.15) is 0 Å². The number of amides is 2. The number of H-pyrrole nitrogens is 1. The Bertz CT molecular complexity index is 2460. The van der Waals surface area contributed by atoms with E-state index in [4.69, 9.17) is 23.5 Å². The predicted octanol–water partition coefficient (Wildman–Crippen LogP) is 7.35. The molecule has 4 aliphatic rings. The van der Waals surface area contributed by atoms with Gasteiger partial charge in [-0.15, -0.1) is 0 Å². The van der Waals surface area contributed by atoms with Gasteiger partial charge in [0, 0.05) is 51.5 Å². The van der Waals surface area contributed by atoms with Crippen molar-refractivity contribution in [2.24, 2.45) is 5.92 Å². The summed E-state index contributed by atoms with van der Waals surface area (Å²) < 4.78 is 20.5. The third-order valence-corrected chi connectivity index (χ3v) is 11.8. The van der Waals surface area contributed by atoms with Gasteiger partial charge in [-0.05, 0) is 35.6 Å². The third-order valence-electron chi connectivity index (χ3n) is 11.0. The molecule has 4 N–H and O–H groups in total. The number of para-hydroxylation sites is 1. The molecule has 2 unspecified atom stereocenters. The van der Waals surface area contributed by atoms with Crippen LogP contribution >= 0.6 is 15.9 Å². The van der Waals surface area contributed by atoms with Crippen molar-refractivity contribution in [3.63, 3.8) is 0 Å². The number of oxazole rings is 2. The number of nitrogens with one attached hydrogen (secondary N) is 4. The summed E-state index contributed by atoms with van der Waals surface area (Å²) in [5.41, 5.74) is 6.92. The summed E-state index contributed by atoms with van der Waals surface area (Å²) in [5.74, 6) is 1.70. The minimum Gasteiger partial charge on any atom is -0.469 e. The minimum atomic E-state index is -1.02. The van der Waals surface area contributed by atoms with Crippen LogP contribution in [0.25, 0.3) is 44.9 Å². The van der Waals surface area contributed by atoms with E-state index in [9.17, 15) is 9.59 Å². The molecule has 0 radical (unpaired) electrons. The number of carbonyl (C=O) groups is 2. The number of fused-ring (bicyclic) bond motifs is 7. The molecule has 7 heterocycles. The van der Waals surface area contributed by atoms with Crippen molar-refractivity contribution >= 4 is 44.3 Å². The van der Waals surface area contributed by atoms with Gasteiger partial charge in [0.1, 0.15) is 23.2 Å². The first-order valence-corrected chi connectivity index (χ1v) is 18.7. The van der Waals surface area contributed by atoms with Gasteiger partial charge in [-0.1, -0.05) is 85.6 Å². The Morgan fingerprint density at radius 1 is 1.06 bits per heavy atom. The van der Waals surface area contributed by atoms with Gasteiger partial charge >= 0.3 is 0 Å². The SMILES string of the molecule is CCCC(Br)C(=O)N[C@H]1Cc2ccc3c(c2)[C@]24c5cccc(c5NC2O3)-c2cccc3[nH]cc(c23)-c2cnc(o2)-c2nc(oc24)[C@H](C(C)C)NC1=O. The molecule has 10 rings (SSSR count).